The number of hydrogen-bond acceptors (Lipinski definition) is 1. The van der Waals surface area contributed by atoms with Gasteiger partial charge in [-0.1, -0.05) is 13.3 Å². The second kappa shape index (κ2) is 10.0. The highest BCUT2D eigenvalue weighted by atomic mass is 15.3. The molecule has 0 unspecified atom stereocenters. The zero-order valence-electron chi connectivity index (χ0n) is 15.3. The van der Waals surface area contributed by atoms with Crippen LogP contribution in [0.25, 0.3) is 0 Å². The molecule has 0 aromatic rings. The van der Waals surface area contributed by atoms with Crippen LogP contribution in [-0.4, -0.2) is 82.9 Å². The van der Waals surface area contributed by atoms with Crippen LogP contribution < -0.4 is 10.6 Å². The fourth-order valence-corrected chi connectivity index (χ4v) is 2.25. The zero-order chi connectivity index (χ0) is 16.4. The Hall–Kier alpha value is -0.810. The largest absolute Gasteiger partial charge is 0.356 e. The van der Waals surface area contributed by atoms with E-state index in [2.05, 4.69) is 52.8 Å². The van der Waals surface area contributed by atoms with E-state index in [1.807, 2.05) is 0 Å². The maximum absolute atomic E-state index is 7.84. The van der Waals surface area contributed by atoms with Crippen LogP contribution in [0, 0.1) is 5.41 Å². The van der Waals surface area contributed by atoms with Crippen molar-refractivity contribution in [1.82, 2.24) is 10.6 Å². The van der Waals surface area contributed by atoms with Crippen LogP contribution in [-0.2, 0) is 0 Å². The van der Waals surface area contributed by atoms with Gasteiger partial charge in [0.25, 0.3) is 0 Å². The van der Waals surface area contributed by atoms with Gasteiger partial charge in [-0.25, -0.2) is 0 Å². The van der Waals surface area contributed by atoms with Gasteiger partial charge in [0.2, 0.25) is 0 Å². The Balaban J connectivity index is 3.58. The zero-order valence-corrected chi connectivity index (χ0v) is 15.3. The molecule has 0 saturated heterocycles. The lowest BCUT2D eigenvalue weighted by atomic mass is 10.2. The molecule has 21 heavy (non-hydrogen) atoms. The first-order chi connectivity index (χ1) is 9.66. The van der Waals surface area contributed by atoms with Gasteiger partial charge < -0.3 is 19.6 Å². The smallest absolute Gasteiger partial charge is 0.188 e. The fraction of sp³-hybridized carbons (Fsp3) is 0.938. The minimum Gasteiger partial charge on any atom is -0.356 e. The van der Waals surface area contributed by atoms with Crippen LogP contribution in [0.3, 0.4) is 0 Å². The molecule has 126 valence electrons. The first-order valence-corrected chi connectivity index (χ1v) is 8.35. The van der Waals surface area contributed by atoms with Gasteiger partial charge in [0.05, 0.1) is 54.9 Å². The normalized spacial score (nSPS) is 12.3. The average molecular weight is 302 g/mol. The summed E-state index contributed by atoms with van der Waals surface area (Å²) in [7, 11) is 11.2. The van der Waals surface area contributed by atoms with Crippen molar-refractivity contribution >= 4 is 5.96 Å². The first-order valence-electron chi connectivity index (χ1n) is 8.35. The highest BCUT2D eigenvalue weighted by Gasteiger charge is 2.13. The topological polar surface area (TPSA) is 47.9 Å². The number of quaternary nitrogens is 2. The van der Waals surface area contributed by atoms with E-state index in [0.717, 1.165) is 41.4 Å². The summed E-state index contributed by atoms with van der Waals surface area (Å²) in [4.78, 5) is 0. The van der Waals surface area contributed by atoms with Crippen LogP contribution in [0.2, 0.25) is 0 Å². The molecule has 0 spiro atoms. The molecule has 0 aliphatic heterocycles. The Kier molecular flexibility index (Phi) is 9.62. The molecule has 0 atom stereocenters. The van der Waals surface area contributed by atoms with E-state index >= 15 is 0 Å². The monoisotopic (exact) mass is 301 g/mol. The molecule has 0 aliphatic carbocycles. The third-order valence-corrected chi connectivity index (χ3v) is 3.67. The molecule has 0 bridgehead atoms. The van der Waals surface area contributed by atoms with Crippen LogP contribution in [0.15, 0.2) is 0 Å². The lowest BCUT2D eigenvalue weighted by Gasteiger charge is -2.29. The Labute approximate surface area is 132 Å². The first kappa shape index (κ1) is 20.2. The van der Waals surface area contributed by atoms with E-state index in [1.165, 1.54) is 25.9 Å². The molecular formula is C16H39N5+2. The quantitative estimate of drug-likeness (QED) is 0.234. The Morgan fingerprint density at radius 3 is 1.76 bits per heavy atom. The summed E-state index contributed by atoms with van der Waals surface area (Å²) in [5, 5.41) is 14.1. The predicted molar refractivity (Wildman–Crippen MR) is 92.6 cm³/mol. The van der Waals surface area contributed by atoms with Gasteiger partial charge in [0.15, 0.2) is 5.96 Å². The molecular weight excluding hydrogens is 262 g/mol. The van der Waals surface area contributed by atoms with Crippen molar-refractivity contribution in [2.75, 3.05) is 68.0 Å². The number of guanidine groups is 1. The van der Waals surface area contributed by atoms with E-state index in [-0.39, 0.29) is 0 Å². The molecule has 0 fully saturated rings. The maximum Gasteiger partial charge on any atom is 0.188 e. The number of nitrogens with one attached hydrogen (secondary N) is 3. The van der Waals surface area contributed by atoms with E-state index in [9.17, 15) is 0 Å². The standard InChI is InChI=1S/C16H39N5/c1-7-8-14-21(5,6)15-10-12-19-16(17)18-11-9-13-20(2,3)4/h7-15H2,1-6H3,(H3,17,18,19)/q+2. The SMILES string of the molecule is CCCC[N+](C)(C)CCCNC(=N)NCCC[N+](C)(C)C. The van der Waals surface area contributed by atoms with Crippen LogP contribution in [0.4, 0.5) is 0 Å². The van der Waals surface area contributed by atoms with Gasteiger partial charge in [-0.2, -0.15) is 0 Å². The van der Waals surface area contributed by atoms with Crippen LogP contribution >= 0.6 is 0 Å². The summed E-state index contributed by atoms with van der Waals surface area (Å²) in [6.07, 6.45) is 4.76. The molecule has 5 heteroatoms. The third-order valence-electron chi connectivity index (χ3n) is 3.67. The van der Waals surface area contributed by atoms with Crippen LogP contribution in [0.5, 0.6) is 0 Å². The maximum atomic E-state index is 7.84. The lowest BCUT2D eigenvalue weighted by molar-refractivity contribution is -0.890. The van der Waals surface area contributed by atoms with Gasteiger partial charge in [0.1, 0.15) is 0 Å². The highest BCUT2D eigenvalue weighted by molar-refractivity contribution is 5.76. The van der Waals surface area contributed by atoms with Crippen molar-refractivity contribution in [3.63, 3.8) is 0 Å². The fourth-order valence-electron chi connectivity index (χ4n) is 2.25. The summed E-state index contributed by atoms with van der Waals surface area (Å²) in [6, 6.07) is 0. The minimum absolute atomic E-state index is 0.468. The molecule has 0 heterocycles. The van der Waals surface area contributed by atoms with Crippen LogP contribution in [0.1, 0.15) is 32.6 Å². The molecule has 0 amide bonds. The molecule has 5 nitrogen and oxygen atoms in total. The van der Waals surface area contributed by atoms with E-state index < -0.39 is 0 Å². The van der Waals surface area contributed by atoms with Crippen molar-refractivity contribution in [2.24, 2.45) is 0 Å². The molecule has 0 aromatic carbocycles. The Morgan fingerprint density at radius 2 is 1.29 bits per heavy atom. The van der Waals surface area contributed by atoms with Gasteiger partial charge in [-0.3, -0.25) is 5.41 Å². The second-order valence-electron chi connectivity index (χ2n) is 7.69. The number of unbranched alkanes of at least 4 members (excludes halogenated alkanes) is 1. The Morgan fingerprint density at radius 1 is 0.810 bits per heavy atom. The highest BCUT2D eigenvalue weighted by Crippen LogP contribution is 2.02. The number of nitrogens with zero attached hydrogens (tertiary/aromatic N) is 2. The molecule has 0 aromatic heterocycles. The summed E-state index contributed by atoms with van der Waals surface area (Å²) in [5.41, 5.74) is 0. The van der Waals surface area contributed by atoms with Gasteiger partial charge >= 0.3 is 0 Å². The Bertz CT molecular complexity index is 281. The van der Waals surface area contributed by atoms with Gasteiger partial charge in [-0.05, 0) is 6.42 Å². The third kappa shape index (κ3) is 13.9. The van der Waals surface area contributed by atoms with Crippen molar-refractivity contribution in [3.8, 4) is 0 Å². The van der Waals surface area contributed by atoms with Crippen molar-refractivity contribution in [2.45, 2.75) is 32.6 Å². The van der Waals surface area contributed by atoms with E-state index in [1.54, 1.807) is 0 Å². The van der Waals surface area contributed by atoms with E-state index in [0.29, 0.717) is 5.96 Å². The second-order valence-corrected chi connectivity index (χ2v) is 7.69. The van der Waals surface area contributed by atoms with Gasteiger partial charge in [-0.15, -0.1) is 0 Å². The summed E-state index contributed by atoms with van der Waals surface area (Å²) < 4.78 is 2.06. The summed E-state index contributed by atoms with van der Waals surface area (Å²) in [5.74, 6) is 0.468. The van der Waals surface area contributed by atoms with Gasteiger partial charge in [0, 0.05) is 25.9 Å². The molecule has 0 saturated carbocycles. The van der Waals surface area contributed by atoms with Crippen molar-refractivity contribution in [1.29, 1.82) is 5.41 Å². The van der Waals surface area contributed by atoms with Crippen molar-refractivity contribution in [3.05, 3.63) is 0 Å². The molecule has 0 aliphatic rings. The molecule has 3 N–H and O–H groups in total. The molecule has 0 rings (SSSR count). The van der Waals surface area contributed by atoms with E-state index in [4.69, 9.17) is 5.41 Å². The number of rotatable bonds is 11. The lowest BCUT2D eigenvalue weighted by Crippen LogP contribution is -2.44. The predicted octanol–water partition coefficient (Wildman–Crippen LogP) is 1.46. The average Bonchev–Trinajstić information content (AvgIpc) is 2.36. The molecule has 0 radical (unpaired) electrons. The summed E-state index contributed by atoms with van der Waals surface area (Å²) >= 11 is 0. The van der Waals surface area contributed by atoms with Crippen molar-refractivity contribution < 1.29 is 8.97 Å². The summed E-state index contributed by atoms with van der Waals surface area (Å²) in [6.45, 7) is 7.55. The minimum atomic E-state index is 0.468. The number of hydrogen-bond donors (Lipinski definition) is 3.